The number of pyridine rings is 1. The first-order valence-corrected chi connectivity index (χ1v) is 7.35. The van der Waals surface area contributed by atoms with Crippen LogP contribution in [0.1, 0.15) is 5.56 Å². The number of aromatic nitrogens is 1. The Kier molecular flexibility index (Phi) is 4.39. The highest BCUT2D eigenvalue weighted by atomic mass is 16.5. The molecule has 0 aliphatic carbocycles. The molecule has 0 amide bonds. The molecule has 6 nitrogen and oxygen atoms in total. The zero-order chi connectivity index (χ0) is 17.1. The van der Waals surface area contributed by atoms with Crippen LogP contribution >= 0.6 is 0 Å². The minimum Gasteiger partial charge on any atom is -0.493 e. The van der Waals surface area contributed by atoms with Gasteiger partial charge in [-0.2, -0.15) is 0 Å². The maximum Gasteiger partial charge on any atom is 0.162 e. The summed E-state index contributed by atoms with van der Waals surface area (Å²) in [6.07, 6.45) is 1.68. The summed E-state index contributed by atoms with van der Waals surface area (Å²) in [4.78, 5) is 4.35. The molecule has 2 N–H and O–H groups in total. The molecule has 0 saturated carbocycles. The lowest BCUT2D eigenvalue weighted by molar-refractivity contribution is 0.355. The summed E-state index contributed by atoms with van der Waals surface area (Å²) < 4.78 is 16.7. The number of ether oxygens (including phenoxy) is 3. The molecular formula is C18H18N2O4. The van der Waals surface area contributed by atoms with Crippen LogP contribution in [-0.4, -0.2) is 24.4 Å². The average molecular weight is 326 g/mol. The van der Waals surface area contributed by atoms with E-state index >= 15 is 0 Å². The third-order valence-electron chi connectivity index (χ3n) is 3.75. The summed E-state index contributed by atoms with van der Waals surface area (Å²) in [5.41, 5.74) is 4.39. The number of anilines is 1. The Hall–Kier alpha value is -2.99. The van der Waals surface area contributed by atoms with Crippen molar-refractivity contribution in [2.75, 3.05) is 19.7 Å². The van der Waals surface area contributed by atoms with Crippen LogP contribution in [0, 0.1) is 6.92 Å². The van der Waals surface area contributed by atoms with E-state index in [0.29, 0.717) is 28.7 Å². The van der Waals surface area contributed by atoms with E-state index in [1.165, 1.54) is 0 Å². The van der Waals surface area contributed by atoms with Crippen LogP contribution in [0.5, 0.6) is 23.0 Å². The van der Waals surface area contributed by atoms with Gasteiger partial charge >= 0.3 is 0 Å². The largest absolute Gasteiger partial charge is 0.493 e. The predicted octanol–water partition coefficient (Wildman–Crippen LogP) is 4.15. The summed E-state index contributed by atoms with van der Waals surface area (Å²) in [7, 11) is 3.17. The quantitative estimate of drug-likeness (QED) is 0.686. The van der Waals surface area contributed by atoms with Crippen molar-refractivity contribution < 1.29 is 19.4 Å². The Balaban J connectivity index is 2.04. The van der Waals surface area contributed by atoms with Gasteiger partial charge in [-0.15, -0.1) is 0 Å². The Morgan fingerprint density at radius 1 is 0.958 bits per heavy atom. The maximum absolute atomic E-state index is 9.02. The van der Waals surface area contributed by atoms with Crippen molar-refractivity contribution in [3.8, 4) is 23.0 Å². The van der Waals surface area contributed by atoms with Gasteiger partial charge in [-0.25, -0.2) is 0 Å². The molecule has 0 atom stereocenters. The fraction of sp³-hybridized carbons (Fsp3) is 0.167. The van der Waals surface area contributed by atoms with E-state index < -0.39 is 0 Å². The molecule has 3 aromatic rings. The fourth-order valence-corrected chi connectivity index (χ4v) is 2.49. The van der Waals surface area contributed by atoms with Crippen LogP contribution in [0.3, 0.4) is 0 Å². The lowest BCUT2D eigenvalue weighted by atomic mass is 10.1. The van der Waals surface area contributed by atoms with E-state index in [2.05, 4.69) is 10.5 Å². The van der Waals surface area contributed by atoms with Crippen molar-refractivity contribution >= 4 is 16.6 Å². The number of hydrogen-bond acceptors (Lipinski definition) is 6. The Morgan fingerprint density at radius 2 is 1.71 bits per heavy atom. The van der Waals surface area contributed by atoms with E-state index in [-0.39, 0.29) is 0 Å². The molecule has 124 valence electrons. The first-order chi connectivity index (χ1) is 11.7. The smallest absolute Gasteiger partial charge is 0.162 e. The third kappa shape index (κ3) is 2.91. The monoisotopic (exact) mass is 326 g/mol. The van der Waals surface area contributed by atoms with Crippen molar-refractivity contribution in [1.82, 2.24) is 4.98 Å². The highest BCUT2D eigenvalue weighted by Crippen LogP contribution is 2.37. The highest BCUT2D eigenvalue weighted by Gasteiger charge is 2.11. The molecule has 2 aromatic carbocycles. The maximum atomic E-state index is 9.02. The van der Waals surface area contributed by atoms with Crippen LogP contribution < -0.4 is 19.7 Å². The average Bonchev–Trinajstić information content (AvgIpc) is 2.61. The summed E-state index contributed by atoms with van der Waals surface area (Å²) in [6, 6.07) is 10.8. The predicted molar refractivity (Wildman–Crippen MR) is 91.5 cm³/mol. The van der Waals surface area contributed by atoms with Gasteiger partial charge in [0.2, 0.25) is 0 Å². The zero-order valence-corrected chi connectivity index (χ0v) is 13.7. The number of nitrogens with one attached hydrogen (secondary N) is 1. The minimum atomic E-state index is 0.610. The van der Waals surface area contributed by atoms with Gasteiger partial charge < -0.3 is 14.2 Å². The van der Waals surface area contributed by atoms with Crippen molar-refractivity contribution in [3.63, 3.8) is 0 Å². The highest BCUT2D eigenvalue weighted by molar-refractivity contribution is 5.88. The zero-order valence-electron chi connectivity index (χ0n) is 13.7. The molecular weight excluding hydrogens is 308 g/mol. The molecule has 3 rings (SSSR count). The van der Waals surface area contributed by atoms with Crippen LogP contribution in [0.4, 0.5) is 5.69 Å². The number of methoxy groups -OCH3 is 2. The van der Waals surface area contributed by atoms with Crippen molar-refractivity contribution in [3.05, 3.63) is 48.2 Å². The summed E-state index contributed by atoms with van der Waals surface area (Å²) in [6.45, 7) is 1.88. The van der Waals surface area contributed by atoms with Crippen molar-refractivity contribution in [1.29, 1.82) is 0 Å². The van der Waals surface area contributed by atoms with Gasteiger partial charge in [-0.3, -0.25) is 15.7 Å². The Bertz CT molecular complexity index is 880. The number of fused-ring (bicyclic) bond motifs is 1. The van der Waals surface area contributed by atoms with Crippen molar-refractivity contribution in [2.24, 2.45) is 0 Å². The Labute approximate surface area is 139 Å². The third-order valence-corrected chi connectivity index (χ3v) is 3.75. The molecule has 0 saturated heterocycles. The Morgan fingerprint density at radius 3 is 2.38 bits per heavy atom. The van der Waals surface area contributed by atoms with Gasteiger partial charge in [0.25, 0.3) is 0 Å². The summed E-state index contributed by atoms with van der Waals surface area (Å²) in [5.74, 6) is 2.54. The SMILES string of the molecule is COc1cc2nccc(Oc3ccc(NO)c(C)c3)c2cc1OC. The van der Waals surface area contributed by atoms with Gasteiger partial charge in [0.15, 0.2) is 11.5 Å². The molecule has 0 fully saturated rings. The molecule has 6 heteroatoms. The van der Waals surface area contributed by atoms with Crippen LogP contribution in [0.2, 0.25) is 0 Å². The topological polar surface area (TPSA) is 72.8 Å². The van der Waals surface area contributed by atoms with E-state index in [9.17, 15) is 0 Å². The second-order valence-corrected chi connectivity index (χ2v) is 5.22. The van der Waals surface area contributed by atoms with Gasteiger partial charge in [0, 0.05) is 17.6 Å². The number of benzene rings is 2. The lowest BCUT2D eigenvalue weighted by Gasteiger charge is -2.13. The fourth-order valence-electron chi connectivity index (χ4n) is 2.49. The van der Waals surface area contributed by atoms with E-state index in [4.69, 9.17) is 19.4 Å². The van der Waals surface area contributed by atoms with Gasteiger partial charge in [-0.05, 0) is 42.8 Å². The van der Waals surface area contributed by atoms with E-state index in [1.807, 2.05) is 25.1 Å². The number of nitrogens with zero attached hydrogens (tertiary/aromatic N) is 1. The second kappa shape index (κ2) is 6.64. The van der Waals surface area contributed by atoms with Crippen molar-refractivity contribution in [2.45, 2.75) is 6.92 Å². The first kappa shape index (κ1) is 15.9. The minimum absolute atomic E-state index is 0.610. The summed E-state index contributed by atoms with van der Waals surface area (Å²) >= 11 is 0. The number of aryl methyl sites for hydroxylation is 1. The molecule has 24 heavy (non-hydrogen) atoms. The van der Waals surface area contributed by atoms with Gasteiger partial charge in [0.05, 0.1) is 25.4 Å². The molecule has 1 aromatic heterocycles. The first-order valence-electron chi connectivity index (χ1n) is 7.35. The van der Waals surface area contributed by atoms with Gasteiger partial charge in [0.1, 0.15) is 11.5 Å². The second-order valence-electron chi connectivity index (χ2n) is 5.22. The number of hydrogen-bond donors (Lipinski definition) is 2. The molecule has 0 radical (unpaired) electrons. The van der Waals surface area contributed by atoms with Crippen LogP contribution in [0.25, 0.3) is 10.9 Å². The lowest BCUT2D eigenvalue weighted by Crippen LogP contribution is -1.95. The molecule has 0 bridgehead atoms. The number of rotatable bonds is 5. The molecule has 0 aliphatic heterocycles. The standard InChI is InChI=1S/C18H18N2O4/c1-11-8-12(4-5-14(11)20-21)24-16-6-7-19-15-10-18(23-3)17(22-2)9-13(15)16/h4-10,20-21H,1-3H3. The molecule has 0 aliphatic rings. The molecule has 0 unspecified atom stereocenters. The van der Waals surface area contributed by atoms with E-state index in [0.717, 1.165) is 16.5 Å². The normalized spacial score (nSPS) is 10.5. The molecule has 0 spiro atoms. The summed E-state index contributed by atoms with van der Waals surface area (Å²) in [5, 5.41) is 9.84. The van der Waals surface area contributed by atoms with Crippen LogP contribution in [-0.2, 0) is 0 Å². The van der Waals surface area contributed by atoms with Gasteiger partial charge in [-0.1, -0.05) is 0 Å². The van der Waals surface area contributed by atoms with Crippen LogP contribution in [0.15, 0.2) is 42.6 Å². The molecule has 1 heterocycles. The van der Waals surface area contributed by atoms with E-state index in [1.54, 1.807) is 38.6 Å².